The maximum atomic E-state index is 12.6. The highest BCUT2D eigenvalue weighted by atomic mass is 32.2. The fourth-order valence-electron chi connectivity index (χ4n) is 3.45. The molecule has 4 rings (SSSR count). The number of hydrogen-bond acceptors (Lipinski definition) is 7. The predicted octanol–water partition coefficient (Wildman–Crippen LogP) is 2.11. The second-order valence-corrected chi connectivity index (χ2v) is 9.79. The molecule has 4 aromatic rings. The third kappa shape index (κ3) is 4.01. The Bertz CT molecular complexity index is 1500. The molecule has 166 valence electrons. The third-order valence-corrected chi connectivity index (χ3v) is 6.99. The fourth-order valence-corrected chi connectivity index (χ4v) is 4.67. The van der Waals surface area contributed by atoms with Crippen molar-refractivity contribution < 1.29 is 17.9 Å². The quantitative estimate of drug-likeness (QED) is 0.410. The summed E-state index contributed by atoms with van der Waals surface area (Å²) in [6.45, 7) is 3.55. The highest BCUT2D eigenvalue weighted by Gasteiger charge is 2.19. The maximum absolute atomic E-state index is 12.6. The van der Waals surface area contributed by atoms with Crippen LogP contribution >= 0.6 is 0 Å². The minimum absolute atomic E-state index is 0.169. The number of sulfone groups is 1. The predicted molar refractivity (Wildman–Crippen MR) is 118 cm³/mol. The number of aromatic nitrogens is 4. The summed E-state index contributed by atoms with van der Waals surface area (Å²) in [6.07, 6.45) is -0.286. The van der Waals surface area contributed by atoms with E-state index in [1.165, 1.54) is 16.7 Å². The van der Waals surface area contributed by atoms with Crippen LogP contribution in [-0.2, 0) is 33.0 Å². The van der Waals surface area contributed by atoms with Crippen molar-refractivity contribution in [1.29, 1.82) is 0 Å². The van der Waals surface area contributed by atoms with Gasteiger partial charge >= 0.3 is 5.97 Å². The number of hydrogen-bond donors (Lipinski definition) is 0. The molecule has 2 heterocycles. The Hall–Kier alpha value is -3.53. The SMILES string of the molecule is Cc1ccc(S(=O)(=O)CCC(=O)OCc2nnc3n(C)c(=O)c4cc(C)ccc4n23)cc1. The number of benzene rings is 2. The summed E-state index contributed by atoms with van der Waals surface area (Å²) in [5.41, 5.74) is 2.29. The van der Waals surface area contributed by atoms with Gasteiger partial charge in [-0.15, -0.1) is 10.2 Å². The first-order chi connectivity index (χ1) is 15.2. The molecule has 2 aromatic carbocycles. The molecule has 0 aliphatic rings. The standard InChI is InChI=1S/C22H22N4O5S/c1-14-4-7-16(8-5-14)32(29,30)11-10-20(27)31-13-19-23-24-22-25(3)21(28)17-12-15(2)6-9-18(17)26(19)22/h4-9,12H,10-11,13H2,1-3H3. The van der Waals surface area contributed by atoms with E-state index in [1.54, 1.807) is 35.7 Å². The Morgan fingerprint density at radius 1 is 1.03 bits per heavy atom. The summed E-state index contributed by atoms with van der Waals surface area (Å²) < 4.78 is 33.2. The largest absolute Gasteiger partial charge is 0.457 e. The van der Waals surface area contributed by atoms with Crippen molar-refractivity contribution in [1.82, 2.24) is 19.2 Å². The van der Waals surface area contributed by atoms with Crippen molar-refractivity contribution in [3.8, 4) is 0 Å². The molecule has 0 radical (unpaired) electrons. The normalized spacial score (nSPS) is 11.8. The van der Waals surface area contributed by atoms with Crippen LogP contribution in [0.2, 0.25) is 0 Å². The lowest BCUT2D eigenvalue weighted by Gasteiger charge is -2.09. The number of carbonyl (C=O) groups is 1. The van der Waals surface area contributed by atoms with Crippen molar-refractivity contribution >= 4 is 32.5 Å². The molecule has 0 fully saturated rings. The van der Waals surface area contributed by atoms with Crippen molar-refractivity contribution in [2.75, 3.05) is 5.75 Å². The maximum Gasteiger partial charge on any atom is 0.307 e. The second-order valence-electron chi connectivity index (χ2n) is 7.68. The molecule has 0 saturated carbocycles. The molecule has 0 N–H and O–H groups in total. The van der Waals surface area contributed by atoms with Crippen LogP contribution in [0, 0.1) is 13.8 Å². The number of esters is 1. The molecule has 10 heteroatoms. The van der Waals surface area contributed by atoms with Crippen LogP contribution in [0.3, 0.4) is 0 Å². The van der Waals surface area contributed by atoms with Gasteiger partial charge in [0.1, 0.15) is 0 Å². The van der Waals surface area contributed by atoms with E-state index >= 15 is 0 Å². The average molecular weight is 455 g/mol. The number of fused-ring (bicyclic) bond motifs is 3. The molecular weight excluding hydrogens is 432 g/mol. The number of carbonyl (C=O) groups excluding carboxylic acids is 1. The van der Waals surface area contributed by atoms with Crippen LogP contribution in [0.15, 0.2) is 52.2 Å². The van der Waals surface area contributed by atoms with Gasteiger partial charge in [0.05, 0.1) is 28.0 Å². The van der Waals surface area contributed by atoms with Gasteiger partial charge in [-0.25, -0.2) is 8.42 Å². The third-order valence-electron chi connectivity index (χ3n) is 5.26. The van der Waals surface area contributed by atoms with Crippen molar-refractivity contribution in [2.45, 2.75) is 31.8 Å². The molecular formula is C22H22N4O5S. The number of aryl methyl sites for hydroxylation is 3. The van der Waals surface area contributed by atoms with E-state index in [1.807, 2.05) is 19.9 Å². The summed E-state index contributed by atoms with van der Waals surface area (Å²) in [7, 11) is -2.00. The lowest BCUT2D eigenvalue weighted by Crippen LogP contribution is -2.21. The van der Waals surface area contributed by atoms with Crippen LogP contribution in [0.4, 0.5) is 0 Å². The summed E-state index contributed by atoms with van der Waals surface area (Å²) in [5.74, 6) is -0.368. The molecule has 2 aromatic heterocycles. The molecule has 0 spiro atoms. The lowest BCUT2D eigenvalue weighted by molar-refractivity contribution is -0.144. The Morgan fingerprint density at radius 2 is 1.72 bits per heavy atom. The van der Waals surface area contributed by atoms with E-state index in [0.717, 1.165) is 11.1 Å². The monoisotopic (exact) mass is 454 g/mol. The zero-order chi connectivity index (χ0) is 23.0. The summed E-state index contributed by atoms with van der Waals surface area (Å²) >= 11 is 0. The Morgan fingerprint density at radius 3 is 2.44 bits per heavy atom. The van der Waals surface area contributed by atoms with E-state index in [4.69, 9.17) is 4.74 Å². The average Bonchev–Trinajstić information content (AvgIpc) is 3.19. The van der Waals surface area contributed by atoms with Crippen molar-refractivity contribution in [3.05, 3.63) is 69.8 Å². The highest BCUT2D eigenvalue weighted by molar-refractivity contribution is 7.91. The van der Waals surface area contributed by atoms with E-state index in [2.05, 4.69) is 10.2 Å². The molecule has 0 saturated heterocycles. The van der Waals surface area contributed by atoms with Gasteiger partial charge in [-0.2, -0.15) is 0 Å². The summed E-state index contributed by atoms with van der Waals surface area (Å²) in [5, 5.41) is 8.61. The fraction of sp³-hybridized carbons (Fsp3) is 0.273. The molecule has 0 aliphatic carbocycles. The summed E-state index contributed by atoms with van der Waals surface area (Å²) in [6, 6.07) is 11.9. The highest BCUT2D eigenvalue weighted by Crippen LogP contribution is 2.17. The molecule has 0 atom stereocenters. The molecule has 9 nitrogen and oxygen atoms in total. The summed E-state index contributed by atoms with van der Waals surface area (Å²) in [4.78, 5) is 25.0. The lowest BCUT2D eigenvalue weighted by atomic mass is 10.1. The van der Waals surface area contributed by atoms with Gasteiger partial charge in [-0.1, -0.05) is 29.3 Å². The Balaban J connectivity index is 1.52. The first-order valence-corrected chi connectivity index (χ1v) is 11.6. The molecule has 32 heavy (non-hydrogen) atoms. The molecule has 0 amide bonds. The van der Waals surface area contributed by atoms with E-state index < -0.39 is 15.8 Å². The zero-order valence-electron chi connectivity index (χ0n) is 17.9. The van der Waals surface area contributed by atoms with Crippen LogP contribution < -0.4 is 5.56 Å². The first kappa shape index (κ1) is 21.7. The van der Waals surface area contributed by atoms with Gasteiger partial charge in [0.15, 0.2) is 22.3 Å². The van der Waals surface area contributed by atoms with Crippen LogP contribution in [-0.4, -0.2) is 39.3 Å². The molecule has 0 bridgehead atoms. The van der Waals surface area contributed by atoms with Gasteiger partial charge in [-0.3, -0.25) is 18.6 Å². The van der Waals surface area contributed by atoms with Gasteiger partial charge < -0.3 is 4.74 Å². The van der Waals surface area contributed by atoms with Crippen LogP contribution in [0.1, 0.15) is 23.4 Å². The second kappa shape index (κ2) is 8.19. The van der Waals surface area contributed by atoms with Crippen LogP contribution in [0.5, 0.6) is 0 Å². The van der Waals surface area contributed by atoms with Gasteiger partial charge in [0.25, 0.3) is 5.56 Å². The molecule has 0 unspecified atom stereocenters. The van der Waals surface area contributed by atoms with Crippen molar-refractivity contribution in [2.24, 2.45) is 7.05 Å². The van der Waals surface area contributed by atoms with Gasteiger partial charge in [0, 0.05) is 7.05 Å². The van der Waals surface area contributed by atoms with E-state index in [-0.39, 0.29) is 29.2 Å². The minimum Gasteiger partial charge on any atom is -0.457 e. The number of nitrogens with zero attached hydrogens (tertiary/aromatic N) is 4. The Labute approximate surface area is 184 Å². The number of rotatable bonds is 6. The Kier molecular flexibility index (Phi) is 5.55. The minimum atomic E-state index is -3.59. The topological polar surface area (TPSA) is 113 Å². The van der Waals surface area contributed by atoms with Gasteiger partial charge in [-0.05, 0) is 38.1 Å². The van der Waals surface area contributed by atoms with E-state index in [0.29, 0.717) is 22.5 Å². The van der Waals surface area contributed by atoms with E-state index in [9.17, 15) is 18.0 Å². The zero-order valence-corrected chi connectivity index (χ0v) is 18.7. The van der Waals surface area contributed by atoms with Crippen LogP contribution in [0.25, 0.3) is 16.7 Å². The molecule has 0 aliphatic heterocycles. The van der Waals surface area contributed by atoms with Gasteiger partial charge in [0.2, 0.25) is 5.78 Å². The van der Waals surface area contributed by atoms with Crippen molar-refractivity contribution in [3.63, 3.8) is 0 Å². The number of ether oxygens (including phenoxy) is 1. The smallest absolute Gasteiger partial charge is 0.307 e. The first-order valence-electron chi connectivity index (χ1n) is 9.96.